The summed E-state index contributed by atoms with van der Waals surface area (Å²) >= 11 is 0. The van der Waals surface area contributed by atoms with Gasteiger partial charge in [0.2, 0.25) is 5.96 Å². The highest BCUT2D eigenvalue weighted by atomic mass is 19.1. The average Bonchev–Trinajstić information content (AvgIpc) is 2.81. The summed E-state index contributed by atoms with van der Waals surface area (Å²) in [6.07, 6.45) is 2.94. The predicted octanol–water partition coefficient (Wildman–Crippen LogP) is 2.00. The highest BCUT2D eigenvalue weighted by Gasteiger charge is 2.24. The molecule has 1 fully saturated rings. The number of anilines is 1. The van der Waals surface area contributed by atoms with Crippen LogP contribution in [0.15, 0.2) is 47.5 Å². The van der Waals surface area contributed by atoms with Crippen LogP contribution >= 0.6 is 0 Å². The number of methoxy groups -OCH3 is 1. The Balaban J connectivity index is 1.63. The van der Waals surface area contributed by atoms with Crippen molar-refractivity contribution in [2.45, 2.75) is 0 Å². The monoisotopic (exact) mass is 427 g/mol. The second-order valence-corrected chi connectivity index (χ2v) is 6.96. The molecular weight excluding hydrogens is 405 g/mol. The highest BCUT2D eigenvalue weighted by Crippen LogP contribution is 2.26. The van der Waals surface area contributed by atoms with Gasteiger partial charge >= 0.3 is 5.97 Å². The molecule has 0 bridgehead atoms. The van der Waals surface area contributed by atoms with Crippen molar-refractivity contribution in [3.63, 3.8) is 0 Å². The van der Waals surface area contributed by atoms with Gasteiger partial charge in [-0.05, 0) is 18.2 Å². The number of carboxylic acids is 1. The van der Waals surface area contributed by atoms with Crippen LogP contribution in [-0.4, -0.2) is 66.9 Å². The lowest BCUT2D eigenvalue weighted by molar-refractivity contribution is 0.0518. The molecule has 1 saturated heterocycles. The minimum Gasteiger partial charge on any atom is -0.494 e. The number of aliphatic imine (C=N–C) groups is 1. The van der Waals surface area contributed by atoms with E-state index in [0.29, 0.717) is 50.1 Å². The number of ether oxygens (including phenoxy) is 2. The van der Waals surface area contributed by atoms with Crippen molar-refractivity contribution in [1.29, 1.82) is 0 Å². The molecule has 3 N–H and O–H groups in total. The van der Waals surface area contributed by atoms with E-state index in [4.69, 9.17) is 9.47 Å². The van der Waals surface area contributed by atoms with Crippen molar-refractivity contribution in [1.82, 2.24) is 15.2 Å². The molecule has 1 aromatic carbocycles. The number of aromatic carboxylic acids is 1. The van der Waals surface area contributed by atoms with Crippen LogP contribution in [0.4, 0.5) is 10.1 Å². The number of hydrogen-bond donors (Lipinski definition) is 3. The molecule has 0 amide bonds. The fourth-order valence-corrected chi connectivity index (χ4v) is 3.41. The number of carboxylic acid groups (broad SMARTS) is 1. The summed E-state index contributed by atoms with van der Waals surface area (Å²) < 4.78 is 24.2. The van der Waals surface area contributed by atoms with Gasteiger partial charge in [-0.1, -0.05) is 0 Å². The molecule has 0 spiro atoms. The molecule has 31 heavy (non-hydrogen) atoms. The Morgan fingerprint density at radius 3 is 2.84 bits per heavy atom. The van der Waals surface area contributed by atoms with E-state index in [1.165, 1.54) is 19.4 Å². The Morgan fingerprint density at radius 1 is 1.29 bits per heavy atom. The lowest BCUT2D eigenvalue weighted by Gasteiger charge is -2.35. The molecule has 3 heterocycles. The van der Waals surface area contributed by atoms with Gasteiger partial charge < -0.3 is 30.1 Å². The fourth-order valence-electron chi connectivity index (χ4n) is 3.41. The van der Waals surface area contributed by atoms with Gasteiger partial charge in [0.1, 0.15) is 5.82 Å². The maximum absolute atomic E-state index is 13.7. The van der Waals surface area contributed by atoms with Crippen molar-refractivity contribution in [2.75, 3.05) is 45.3 Å². The first-order chi connectivity index (χ1) is 15.0. The second kappa shape index (κ2) is 9.00. The Bertz CT molecular complexity index is 1050. The first kappa shape index (κ1) is 20.6. The van der Waals surface area contributed by atoms with E-state index >= 15 is 0 Å². The smallest absolute Gasteiger partial charge is 0.337 e. The number of aromatic nitrogens is 1. The number of rotatable bonds is 5. The first-order valence-corrected chi connectivity index (χ1v) is 9.72. The van der Waals surface area contributed by atoms with Gasteiger partial charge in [-0.2, -0.15) is 0 Å². The summed E-state index contributed by atoms with van der Waals surface area (Å²) in [5, 5.41) is 15.8. The number of guanidine groups is 1. The number of morpholine rings is 1. The molecule has 1 aromatic heterocycles. The molecule has 0 radical (unpaired) electrons. The molecule has 0 unspecified atom stereocenters. The second-order valence-electron chi connectivity index (χ2n) is 6.96. The zero-order chi connectivity index (χ0) is 21.8. The van der Waals surface area contributed by atoms with Crippen LogP contribution in [0.2, 0.25) is 0 Å². The summed E-state index contributed by atoms with van der Waals surface area (Å²) in [4.78, 5) is 22.1. The summed E-state index contributed by atoms with van der Waals surface area (Å²) in [6.45, 7) is 2.83. The highest BCUT2D eigenvalue weighted by molar-refractivity contribution is 5.98. The van der Waals surface area contributed by atoms with E-state index in [0.717, 1.165) is 11.4 Å². The van der Waals surface area contributed by atoms with Crippen LogP contribution in [0.3, 0.4) is 0 Å². The van der Waals surface area contributed by atoms with Gasteiger partial charge in [0.15, 0.2) is 11.6 Å². The zero-order valence-electron chi connectivity index (χ0n) is 16.9. The SMILES string of the molecule is COc1cc(NC2=NCC(c3cncc(C(=O)O)c3)=C(N3CCOCC3)N2)ccc1F. The number of benzene rings is 1. The van der Waals surface area contributed by atoms with E-state index in [9.17, 15) is 14.3 Å². The minimum atomic E-state index is -1.04. The minimum absolute atomic E-state index is 0.109. The Hall–Kier alpha value is -3.66. The van der Waals surface area contributed by atoms with Gasteiger partial charge in [-0.25, -0.2) is 14.2 Å². The van der Waals surface area contributed by atoms with E-state index in [1.54, 1.807) is 24.4 Å². The molecule has 10 heteroatoms. The number of carbonyl (C=O) groups is 1. The largest absolute Gasteiger partial charge is 0.494 e. The Labute approximate surface area is 178 Å². The summed E-state index contributed by atoms with van der Waals surface area (Å²) in [5.41, 5.74) is 2.24. The molecule has 0 aliphatic carbocycles. The lowest BCUT2D eigenvalue weighted by Crippen LogP contribution is -2.46. The summed E-state index contributed by atoms with van der Waals surface area (Å²) in [6, 6.07) is 6.05. The molecule has 162 valence electrons. The van der Waals surface area contributed by atoms with Gasteiger partial charge in [-0.15, -0.1) is 0 Å². The van der Waals surface area contributed by atoms with Crippen molar-refractivity contribution in [3.8, 4) is 5.75 Å². The third-order valence-corrected chi connectivity index (χ3v) is 4.99. The summed E-state index contributed by atoms with van der Waals surface area (Å²) in [5.74, 6) is -0.0700. The third kappa shape index (κ3) is 4.58. The van der Waals surface area contributed by atoms with Crippen LogP contribution in [0.25, 0.3) is 5.57 Å². The molecule has 4 rings (SSSR count). The zero-order valence-corrected chi connectivity index (χ0v) is 16.9. The van der Waals surface area contributed by atoms with Gasteiger partial charge in [-0.3, -0.25) is 4.98 Å². The maximum Gasteiger partial charge on any atom is 0.337 e. The Kier molecular flexibility index (Phi) is 5.99. The third-order valence-electron chi connectivity index (χ3n) is 4.99. The topological polar surface area (TPSA) is 108 Å². The van der Waals surface area contributed by atoms with Crippen molar-refractivity contribution in [2.24, 2.45) is 4.99 Å². The van der Waals surface area contributed by atoms with Crippen molar-refractivity contribution in [3.05, 3.63) is 59.4 Å². The Morgan fingerprint density at radius 2 is 2.10 bits per heavy atom. The number of nitrogens with one attached hydrogen (secondary N) is 2. The quantitative estimate of drug-likeness (QED) is 0.665. The molecule has 2 aliphatic rings. The van der Waals surface area contributed by atoms with Crippen molar-refractivity contribution >= 4 is 23.2 Å². The molecule has 9 nitrogen and oxygen atoms in total. The van der Waals surface area contributed by atoms with Gasteiger partial charge in [0.25, 0.3) is 0 Å². The normalized spacial score (nSPS) is 16.5. The predicted molar refractivity (Wildman–Crippen MR) is 113 cm³/mol. The van der Waals surface area contributed by atoms with Crippen LogP contribution in [0, 0.1) is 5.82 Å². The van der Waals surface area contributed by atoms with Crippen LogP contribution in [0.5, 0.6) is 5.75 Å². The van der Waals surface area contributed by atoms with E-state index < -0.39 is 11.8 Å². The van der Waals surface area contributed by atoms with Crippen LogP contribution < -0.4 is 15.4 Å². The maximum atomic E-state index is 13.7. The van der Waals surface area contributed by atoms with Gasteiger partial charge in [0, 0.05) is 48.4 Å². The van der Waals surface area contributed by atoms with E-state index in [-0.39, 0.29) is 11.3 Å². The number of hydrogen-bond acceptors (Lipinski definition) is 8. The molecule has 0 saturated carbocycles. The standard InChI is InChI=1S/C21H22FN5O4/c1-30-18-9-15(2-3-17(18)22)25-21-24-12-16(13-8-14(20(28)29)11-23-10-13)19(26-21)27-4-6-31-7-5-27/h2-3,8-11H,4-7,12H2,1H3,(H,28,29)(H2,24,25,26). The van der Waals surface area contributed by atoms with Gasteiger partial charge in [0.05, 0.1) is 32.4 Å². The molecule has 0 atom stereocenters. The number of halogens is 1. The number of nitrogens with zero attached hydrogens (tertiary/aromatic N) is 3. The molecule has 2 aromatic rings. The summed E-state index contributed by atoms with van der Waals surface area (Å²) in [7, 11) is 1.41. The number of pyridine rings is 1. The van der Waals surface area contributed by atoms with E-state index in [1.807, 2.05) is 0 Å². The first-order valence-electron chi connectivity index (χ1n) is 9.72. The van der Waals surface area contributed by atoms with E-state index in [2.05, 4.69) is 25.5 Å². The van der Waals surface area contributed by atoms with Crippen molar-refractivity contribution < 1.29 is 23.8 Å². The lowest BCUT2D eigenvalue weighted by atomic mass is 10.0. The van der Waals surface area contributed by atoms with Crippen LogP contribution in [0.1, 0.15) is 15.9 Å². The van der Waals surface area contributed by atoms with Crippen LogP contribution in [-0.2, 0) is 4.74 Å². The molecule has 2 aliphatic heterocycles. The fraction of sp³-hybridized carbons (Fsp3) is 0.286. The molecular formula is C21H22FN5O4. The average molecular weight is 427 g/mol.